The second-order valence-electron chi connectivity index (χ2n) is 18.5. The Bertz CT molecular complexity index is 1520. The van der Waals surface area contributed by atoms with Gasteiger partial charge in [-0.1, -0.05) is 59.2 Å². The van der Waals surface area contributed by atoms with Gasteiger partial charge < -0.3 is 20.4 Å². The molecule has 49 heavy (non-hydrogen) atoms. The first-order chi connectivity index (χ1) is 23.2. The first-order valence-electron chi connectivity index (χ1n) is 19.5. The zero-order chi connectivity index (χ0) is 35.0. The van der Waals surface area contributed by atoms with Gasteiger partial charge in [-0.3, -0.25) is 4.79 Å². The van der Waals surface area contributed by atoms with Gasteiger partial charge in [0.1, 0.15) is 6.04 Å². The summed E-state index contributed by atoms with van der Waals surface area (Å²) in [5.41, 5.74) is 4.10. The van der Waals surface area contributed by atoms with Crippen LogP contribution in [0, 0.1) is 50.7 Å². The number of nitrogens with one attached hydrogen (secondary N) is 1. The molecule has 1 aromatic rings. The number of allylic oxidation sites excluding steroid dienone is 2. The molecule has 7 heteroatoms. The second kappa shape index (κ2) is 12.2. The Hall–Kier alpha value is -2.67. The lowest BCUT2D eigenvalue weighted by Crippen LogP contribution is -2.65. The first-order valence-corrected chi connectivity index (χ1v) is 19.5. The molecular weight excluding hydrogens is 612 g/mol. The fraction of sp³-hybridized carbons (Fsp3) is 0.738. The smallest absolute Gasteiger partial charge is 0.335 e. The third kappa shape index (κ3) is 5.25. The summed E-state index contributed by atoms with van der Waals surface area (Å²) >= 11 is 0. The van der Waals surface area contributed by atoms with Crippen LogP contribution in [0.2, 0.25) is 0 Å². The maximum absolute atomic E-state index is 12.9. The van der Waals surface area contributed by atoms with Gasteiger partial charge in [-0.2, -0.15) is 0 Å². The van der Waals surface area contributed by atoms with E-state index in [2.05, 4.69) is 46.0 Å². The molecule has 1 saturated heterocycles. The van der Waals surface area contributed by atoms with Crippen LogP contribution in [0.4, 0.5) is 0 Å². The number of carbonyl (C=O) groups is 3. The Balaban J connectivity index is 1.06. The van der Waals surface area contributed by atoms with Crippen molar-refractivity contribution >= 4 is 23.4 Å². The highest BCUT2D eigenvalue weighted by Crippen LogP contribution is 2.77. The molecule has 7 nitrogen and oxygen atoms in total. The molecule has 1 aromatic carbocycles. The molecule has 4 saturated carbocycles. The molecule has 0 radical (unpaired) electrons. The van der Waals surface area contributed by atoms with Crippen LogP contribution in [0.5, 0.6) is 0 Å². The lowest BCUT2D eigenvalue weighted by atomic mass is 9.32. The predicted octanol–water partition coefficient (Wildman–Crippen LogP) is 8.29. The molecule has 268 valence electrons. The molecule has 3 N–H and O–H groups in total. The zero-order valence-electron chi connectivity index (χ0n) is 30.7. The van der Waals surface area contributed by atoms with E-state index in [-0.39, 0.29) is 16.7 Å². The van der Waals surface area contributed by atoms with Crippen molar-refractivity contribution in [2.24, 2.45) is 50.7 Å². The number of rotatable bonds is 8. The van der Waals surface area contributed by atoms with Crippen molar-refractivity contribution < 1.29 is 24.6 Å². The molecule has 6 aliphatic rings. The van der Waals surface area contributed by atoms with Gasteiger partial charge in [-0.05, 0) is 145 Å². The number of carbonyl (C=O) groups excluding carboxylic acids is 1. The number of hydrogen-bond acceptors (Lipinski definition) is 4. The molecule has 9 atom stereocenters. The van der Waals surface area contributed by atoms with Crippen molar-refractivity contribution in [1.82, 2.24) is 10.2 Å². The standard InChI is InChI=1S/C42H60N2O5/c1-38(2)29(27-10-12-28(13-11-27)36(46)47)16-20-39(3)33(38)17-21-41(5)34(39)15-14-30-31-8-6-19-42(31,23-22-40(30,41)4)26-43-24-18-35(45)44-25-7-9-32(44)37(48)49/h10-13,16,30-34,43H,6-9,14-15,17-26H2,1-5H3,(H,46,47)(H,48,49)/t30?,31?,32?,33?,34?,39?,40-,41?,42?/m1/s1. The lowest BCUT2D eigenvalue weighted by Gasteiger charge is -2.72. The van der Waals surface area contributed by atoms with Crippen LogP contribution in [0.3, 0.4) is 0 Å². The van der Waals surface area contributed by atoms with Crippen LogP contribution in [-0.2, 0) is 9.59 Å². The average Bonchev–Trinajstić information content (AvgIpc) is 3.72. The summed E-state index contributed by atoms with van der Waals surface area (Å²) in [6.45, 7) is 15.1. The number of fused-ring (bicyclic) bond motifs is 7. The van der Waals surface area contributed by atoms with Crippen LogP contribution in [-0.4, -0.2) is 58.6 Å². The molecule has 1 heterocycles. The average molecular weight is 673 g/mol. The van der Waals surface area contributed by atoms with Crippen molar-refractivity contribution in [3.63, 3.8) is 0 Å². The van der Waals surface area contributed by atoms with E-state index in [1.54, 1.807) is 17.0 Å². The van der Waals surface area contributed by atoms with Gasteiger partial charge in [0, 0.05) is 26.1 Å². The molecular formula is C42H60N2O5. The van der Waals surface area contributed by atoms with E-state index in [1.807, 2.05) is 12.1 Å². The number of benzene rings is 1. The van der Waals surface area contributed by atoms with Gasteiger partial charge >= 0.3 is 11.9 Å². The fourth-order valence-electron chi connectivity index (χ4n) is 13.9. The minimum absolute atomic E-state index is 0.0142. The molecule has 0 spiro atoms. The van der Waals surface area contributed by atoms with E-state index in [9.17, 15) is 24.6 Å². The Labute approximate surface area is 293 Å². The van der Waals surface area contributed by atoms with Crippen LogP contribution >= 0.6 is 0 Å². The SMILES string of the molecule is CC1(C)C(c2ccc(C(=O)O)cc2)=CCC2(C)C1CCC1(C)C2CCC2C3CCCC3(CNCCC(=O)N3CCCC3C(=O)O)CC[C@]21C. The Morgan fingerprint density at radius 3 is 2.29 bits per heavy atom. The van der Waals surface area contributed by atoms with Crippen molar-refractivity contribution in [1.29, 1.82) is 0 Å². The molecule has 0 aromatic heterocycles. The van der Waals surface area contributed by atoms with E-state index in [4.69, 9.17) is 0 Å². The molecule has 7 rings (SSSR count). The fourth-order valence-corrected chi connectivity index (χ4v) is 13.9. The number of nitrogens with zero attached hydrogens (tertiary/aromatic N) is 1. The molecule has 1 aliphatic heterocycles. The van der Waals surface area contributed by atoms with Crippen LogP contribution in [0.15, 0.2) is 30.3 Å². The second-order valence-corrected chi connectivity index (χ2v) is 18.5. The summed E-state index contributed by atoms with van der Waals surface area (Å²) in [5, 5.41) is 22.7. The summed E-state index contributed by atoms with van der Waals surface area (Å²) in [6, 6.07) is 6.91. The van der Waals surface area contributed by atoms with Crippen molar-refractivity contribution in [3.8, 4) is 0 Å². The Morgan fingerprint density at radius 2 is 1.57 bits per heavy atom. The predicted molar refractivity (Wildman–Crippen MR) is 192 cm³/mol. The molecule has 5 aliphatic carbocycles. The number of hydrogen-bond donors (Lipinski definition) is 3. The van der Waals surface area contributed by atoms with Crippen LogP contribution in [0.1, 0.15) is 134 Å². The zero-order valence-corrected chi connectivity index (χ0v) is 30.7. The third-order valence-electron chi connectivity index (χ3n) is 16.4. The lowest BCUT2D eigenvalue weighted by molar-refractivity contribution is -0.222. The number of likely N-dealkylation sites (tertiary alicyclic amines) is 1. The number of aliphatic carboxylic acids is 1. The van der Waals surface area contributed by atoms with Gasteiger partial charge in [0.05, 0.1) is 5.56 Å². The van der Waals surface area contributed by atoms with Gasteiger partial charge in [0.15, 0.2) is 0 Å². The van der Waals surface area contributed by atoms with E-state index in [1.165, 1.54) is 68.9 Å². The summed E-state index contributed by atoms with van der Waals surface area (Å²) in [5.74, 6) is 0.978. The Kier molecular flexibility index (Phi) is 8.68. The minimum atomic E-state index is -0.874. The van der Waals surface area contributed by atoms with Crippen molar-refractivity contribution in [3.05, 3.63) is 41.5 Å². The van der Waals surface area contributed by atoms with Crippen LogP contribution < -0.4 is 5.32 Å². The van der Waals surface area contributed by atoms with E-state index in [0.717, 1.165) is 31.2 Å². The highest BCUT2D eigenvalue weighted by molar-refractivity contribution is 5.88. The van der Waals surface area contributed by atoms with Gasteiger partial charge in [-0.15, -0.1) is 0 Å². The molecule has 8 unspecified atom stereocenters. The number of carboxylic acid groups (broad SMARTS) is 2. The maximum atomic E-state index is 12.9. The summed E-state index contributed by atoms with van der Waals surface area (Å²) in [4.78, 5) is 37.6. The topological polar surface area (TPSA) is 107 Å². The Morgan fingerprint density at radius 1 is 0.816 bits per heavy atom. The molecule has 1 amide bonds. The third-order valence-corrected chi connectivity index (χ3v) is 16.4. The quantitative estimate of drug-likeness (QED) is 0.240. The van der Waals surface area contributed by atoms with Gasteiger partial charge in [0.2, 0.25) is 5.91 Å². The van der Waals surface area contributed by atoms with Gasteiger partial charge in [0.25, 0.3) is 0 Å². The monoisotopic (exact) mass is 672 g/mol. The summed E-state index contributed by atoms with van der Waals surface area (Å²) in [7, 11) is 0. The van der Waals surface area contributed by atoms with Gasteiger partial charge in [-0.25, -0.2) is 9.59 Å². The highest BCUT2D eigenvalue weighted by Gasteiger charge is 2.69. The van der Waals surface area contributed by atoms with E-state index >= 15 is 0 Å². The van der Waals surface area contributed by atoms with Crippen molar-refractivity contribution in [2.45, 2.75) is 124 Å². The first kappa shape index (κ1) is 34.8. The normalized spacial score (nSPS) is 40.8. The summed E-state index contributed by atoms with van der Waals surface area (Å²) in [6.07, 6.45) is 17.0. The minimum Gasteiger partial charge on any atom is -0.480 e. The number of amides is 1. The maximum Gasteiger partial charge on any atom is 0.335 e. The summed E-state index contributed by atoms with van der Waals surface area (Å²) < 4.78 is 0. The van der Waals surface area contributed by atoms with E-state index in [0.29, 0.717) is 59.6 Å². The largest absolute Gasteiger partial charge is 0.480 e. The van der Waals surface area contributed by atoms with E-state index < -0.39 is 18.0 Å². The number of carboxylic acids is 2. The highest BCUT2D eigenvalue weighted by atomic mass is 16.4. The molecule has 0 bridgehead atoms. The molecule has 5 fully saturated rings. The van der Waals surface area contributed by atoms with Crippen LogP contribution in [0.25, 0.3) is 5.57 Å². The van der Waals surface area contributed by atoms with Crippen molar-refractivity contribution in [2.75, 3.05) is 19.6 Å². The number of aromatic carboxylic acids is 1.